The molecule has 78 valence electrons. The first kappa shape index (κ1) is 9.97. The van der Waals surface area contributed by atoms with Crippen molar-refractivity contribution in [3.05, 3.63) is 35.5 Å². The van der Waals surface area contributed by atoms with Crippen molar-refractivity contribution in [3.8, 4) is 0 Å². The van der Waals surface area contributed by atoms with Crippen molar-refractivity contribution in [2.24, 2.45) is 7.05 Å². The molecule has 1 aromatic heterocycles. The molecule has 0 spiro atoms. The standard InChI is InChI=1S/C13H15NO/c1-4-10-8-12-11(9(2)15)6-5-7-13(12)14(10)3/h5-8H,4H2,1-3H3. The number of hydrogen-bond acceptors (Lipinski definition) is 1. The Balaban J connectivity index is 2.81. The van der Waals surface area contributed by atoms with E-state index in [0.29, 0.717) is 0 Å². The number of aryl methyl sites for hydroxylation is 2. The van der Waals surface area contributed by atoms with Gasteiger partial charge in [0.05, 0.1) is 0 Å². The van der Waals surface area contributed by atoms with Gasteiger partial charge in [0.15, 0.2) is 5.78 Å². The van der Waals surface area contributed by atoms with Crippen LogP contribution in [-0.4, -0.2) is 10.4 Å². The summed E-state index contributed by atoms with van der Waals surface area (Å²) in [6.45, 7) is 3.75. The minimum atomic E-state index is 0.133. The summed E-state index contributed by atoms with van der Waals surface area (Å²) >= 11 is 0. The maximum atomic E-state index is 11.5. The van der Waals surface area contributed by atoms with Crippen LogP contribution < -0.4 is 0 Å². The second-order valence-corrected chi connectivity index (χ2v) is 3.84. The number of fused-ring (bicyclic) bond motifs is 1. The van der Waals surface area contributed by atoms with Gasteiger partial charge in [0.25, 0.3) is 0 Å². The second kappa shape index (κ2) is 3.54. The molecule has 0 bridgehead atoms. The third-order valence-corrected chi connectivity index (χ3v) is 2.93. The van der Waals surface area contributed by atoms with Crippen LogP contribution in [0, 0.1) is 0 Å². The number of hydrogen-bond donors (Lipinski definition) is 0. The van der Waals surface area contributed by atoms with E-state index in [-0.39, 0.29) is 5.78 Å². The molecule has 2 aromatic rings. The van der Waals surface area contributed by atoms with Gasteiger partial charge in [-0.15, -0.1) is 0 Å². The van der Waals surface area contributed by atoms with Crippen LogP contribution in [0.1, 0.15) is 29.9 Å². The van der Waals surface area contributed by atoms with Crippen molar-refractivity contribution in [2.75, 3.05) is 0 Å². The van der Waals surface area contributed by atoms with Gasteiger partial charge in [0, 0.05) is 29.2 Å². The Labute approximate surface area is 89.5 Å². The molecule has 15 heavy (non-hydrogen) atoms. The number of Topliss-reactive ketones (excluding diaryl/α,β-unsaturated/α-hetero) is 1. The average Bonchev–Trinajstić information content (AvgIpc) is 2.55. The number of ketones is 1. The van der Waals surface area contributed by atoms with Crippen LogP contribution in [0.2, 0.25) is 0 Å². The summed E-state index contributed by atoms with van der Waals surface area (Å²) in [5.41, 5.74) is 3.22. The molecule has 0 fully saturated rings. The summed E-state index contributed by atoms with van der Waals surface area (Å²) in [7, 11) is 2.05. The number of carbonyl (C=O) groups is 1. The zero-order valence-corrected chi connectivity index (χ0v) is 9.37. The van der Waals surface area contributed by atoms with Crippen molar-refractivity contribution in [3.63, 3.8) is 0 Å². The molecule has 1 aromatic carbocycles. The summed E-state index contributed by atoms with van der Waals surface area (Å²) in [6.07, 6.45) is 0.989. The van der Waals surface area contributed by atoms with Crippen molar-refractivity contribution in [2.45, 2.75) is 20.3 Å². The summed E-state index contributed by atoms with van der Waals surface area (Å²) in [6, 6.07) is 8.01. The molecule has 0 atom stereocenters. The molecule has 0 amide bonds. The largest absolute Gasteiger partial charge is 0.348 e. The summed E-state index contributed by atoms with van der Waals surface area (Å²) in [5.74, 6) is 0.133. The van der Waals surface area contributed by atoms with Crippen molar-refractivity contribution in [1.82, 2.24) is 4.57 Å². The zero-order chi connectivity index (χ0) is 11.0. The number of aromatic nitrogens is 1. The number of benzene rings is 1. The first-order chi connectivity index (χ1) is 7.15. The van der Waals surface area contributed by atoms with Gasteiger partial charge in [0.1, 0.15) is 0 Å². The van der Waals surface area contributed by atoms with E-state index in [1.165, 1.54) is 5.69 Å². The van der Waals surface area contributed by atoms with Crippen LogP contribution >= 0.6 is 0 Å². The highest BCUT2D eigenvalue weighted by molar-refractivity contribution is 6.06. The quantitative estimate of drug-likeness (QED) is 0.685. The Kier molecular flexibility index (Phi) is 2.35. The van der Waals surface area contributed by atoms with Gasteiger partial charge in [-0.1, -0.05) is 19.1 Å². The fraction of sp³-hybridized carbons (Fsp3) is 0.308. The van der Waals surface area contributed by atoms with E-state index in [1.54, 1.807) is 6.92 Å². The molecule has 2 nitrogen and oxygen atoms in total. The summed E-state index contributed by atoms with van der Waals surface area (Å²) in [5, 5.41) is 1.07. The number of carbonyl (C=O) groups excluding carboxylic acids is 1. The van der Waals surface area contributed by atoms with Gasteiger partial charge in [-0.25, -0.2) is 0 Å². The van der Waals surface area contributed by atoms with Gasteiger partial charge in [-0.05, 0) is 25.5 Å². The number of rotatable bonds is 2. The predicted molar refractivity (Wildman–Crippen MR) is 62.3 cm³/mol. The molecule has 0 aliphatic heterocycles. The highest BCUT2D eigenvalue weighted by atomic mass is 16.1. The van der Waals surface area contributed by atoms with Gasteiger partial charge < -0.3 is 4.57 Å². The summed E-state index contributed by atoms with van der Waals surface area (Å²) < 4.78 is 2.15. The second-order valence-electron chi connectivity index (χ2n) is 3.84. The van der Waals surface area contributed by atoms with E-state index >= 15 is 0 Å². The summed E-state index contributed by atoms with van der Waals surface area (Å²) in [4.78, 5) is 11.5. The van der Waals surface area contributed by atoms with Crippen LogP contribution in [0.5, 0.6) is 0 Å². The lowest BCUT2D eigenvalue weighted by molar-refractivity contribution is 0.101. The van der Waals surface area contributed by atoms with E-state index < -0.39 is 0 Å². The predicted octanol–water partition coefficient (Wildman–Crippen LogP) is 2.94. The van der Waals surface area contributed by atoms with E-state index in [1.807, 2.05) is 19.2 Å². The lowest BCUT2D eigenvalue weighted by Gasteiger charge is -2.01. The first-order valence-corrected chi connectivity index (χ1v) is 5.23. The normalized spacial score (nSPS) is 10.9. The SMILES string of the molecule is CCc1cc2c(C(C)=O)cccc2n1C. The molecule has 1 heterocycles. The molecule has 0 N–H and O–H groups in total. The lowest BCUT2D eigenvalue weighted by Crippen LogP contribution is -1.94. The Hall–Kier alpha value is -1.57. The lowest BCUT2D eigenvalue weighted by atomic mass is 10.1. The topological polar surface area (TPSA) is 22.0 Å². The van der Waals surface area contributed by atoms with Crippen LogP contribution in [0.25, 0.3) is 10.9 Å². The average molecular weight is 201 g/mol. The molecule has 0 unspecified atom stereocenters. The minimum Gasteiger partial charge on any atom is -0.348 e. The Morgan fingerprint density at radius 3 is 2.73 bits per heavy atom. The Morgan fingerprint density at radius 2 is 2.13 bits per heavy atom. The van der Waals surface area contributed by atoms with E-state index in [0.717, 1.165) is 22.9 Å². The van der Waals surface area contributed by atoms with Gasteiger partial charge >= 0.3 is 0 Å². The minimum absolute atomic E-state index is 0.133. The molecule has 2 heteroatoms. The van der Waals surface area contributed by atoms with Gasteiger partial charge in [0.2, 0.25) is 0 Å². The van der Waals surface area contributed by atoms with Crippen LogP contribution in [0.3, 0.4) is 0 Å². The molecule has 0 saturated heterocycles. The fourth-order valence-electron chi connectivity index (χ4n) is 2.06. The molecule has 0 radical (unpaired) electrons. The monoisotopic (exact) mass is 201 g/mol. The van der Waals surface area contributed by atoms with Gasteiger partial charge in [-0.2, -0.15) is 0 Å². The molecule has 2 rings (SSSR count). The highest BCUT2D eigenvalue weighted by Crippen LogP contribution is 2.23. The molecule has 0 saturated carbocycles. The third-order valence-electron chi connectivity index (χ3n) is 2.93. The van der Waals surface area contributed by atoms with Crippen LogP contribution in [0.15, 0.2) is 24.3 Å². The zero-order valence-electron chi connectivity index (χ0n) is 9.37. The Bertz CT molecular complexity index is 523. The Morgan fingerprint density at radius 1 is 1.40 bits per heavy atom. The van der Waals surface area contributed by atoms with E-state index in [2.05, 4.69) is 23.6 Å². The first-order valence-electron chi connectivity index (χ1n) is 5.23. The maximum absolute atomic E-state index is 11.5. The van der Waals surface area contributed by atoms with Gasteiger partial charge in [-0.3, -0.25) is 4.79 Å². The smallest absolute Gasteiger partial charge is 0.160 e. The fourth-order valence-corrected chi connectivity index (χ4v) is 2.06. The molecule has 0 aliphatic carbocycles. The molecule has 0 aliphatic rings. The van der Waals surface area contributed by atoms with Crippen LogP contribution in [-0.2, 0) is 13.5 Å². The number of nitrogens with zero attached hydrogens (tertiary/aromatic N) is 1. The molecular weight excluding hydrogens is 186 g/mol. The molecular formula is C13H15NO. The van der Waals surface area contributed by atoms with Crippen molar-refractivity contribution >= 4 is 16.7 Å². The van der Waals surface area contributed by atoms with Crippen molar-refractivity contribution < 1.29 is 4.79 Å². The van der Waals surface area contributed by atoms with Crippen molar-refractivity contribution in [1.29, 1.82) is 0 Å². The maximum Gasteiger partial charge on any atom is 0.160 e. The third kappa shape index (κ3) is 1.46. The van der Waals surface area contributed by atoms with Crippen LogP contribution in [0.4, 0.5) is 0 Å². The highest BCUT2D eigenvalue weighted by Gasteiger charge is 2.10. The van der Waals surface area contributed by atoms with E-state index in [4.69, 9.17) is 0 Å². The van der Waals surface area contributed by atoms with E-state index in [9.17, 15) is 4.79 Å².